The smallest absolute Gasteiger partial charge is 0.0994 e. The Kier molecular flexibility index (Phi) is 2.08. The second-order valence-electron chi connectivity index (χ2n) is 5.35. The molecule has 1 heterocycles. The lowest BCUT2D eigenvalue weighted by Crippen LogP contribution is -2.16. The Morgan fingerprint density at radius 3 is 2.47 bits per heavy atom. The van der Waals surface area contributed by atoms with E-state index >= 15 is 0 Å². The lowest BCUT2D eigenvalue weighted by molar-refractivity contribution is 0.563. The van der Waals surface area contributed by atoms with Gasteiger partial charge in [-0.1, -0.05) is 26.8 Å². The normalized spacial score (nSPS) is 18.3. The van der Waals surface area contributed by atoms with Crippen molar-refractivity contribution >= 4 is 0 Å². The second kappa shape index (κ2) is 3.06. The van der Waals surface area contributed by atoms with Crippen LogP contribution in [0.4, 0.5) is 0 Å². The van der Waals surface area contributed by atoms with Gasteiger partial charge < -0.3 is 0 Å². The summed E-state index contributed by atoms with van der Waals surface area (Å²) in [4.78, 5) is 4.63. The van der Waals surface area contributed by atoms with Crippen LogP contribution in [0.1, 0.15) is 45.0 Å². The molecule has 2 nitrogen and oxygen atoms in total. The van der Waals surface area contributed by atoms with Crippen LogP contribution in [0.3, 0.4) is 0 Å². The highest BCUT2D eigenvalue weighted by atomic mass is 14.8. The zero-order valence-electron chi connectivity index (χ0n) is 9.54. The maximum absolute atomic E-state index is 9.11. The van der Waals surface area contributed by atoms with Crippen molar-refractivity contribution < 1.29 is 0 Å². The molecule has 1 aliphatic rings. The molecule has 1 aromatic rings. The van der Waals surface area contributed by atoms with Gasteiger partial charge in [0.1, 0.15) is 0 Å². The van der Waals surface area contributed by atoms with Crippen molar-refractivity contribution in [2.75, 3.05) is 0 Å². The van der Waals surface area contributed by atoms with Crippen LogP contribution in [0.15, 0.2) is 18.2 Å². The van der Waals surface area contributed by atoms with Crippen LogP contribution >= 0.6 is 0 Å². The molecule has 1 fully saturated rings. The molecule has 15 heavy (non-hydrogen) atoms. The molecule has 0 N–H and O–H groups in total. The van der Waals surface area contributed by atoms with Gasteiger partial charge in [-0.25, -0.2) is 0 Å². The van der Waals surface area contributed by atoms with Crippen molar-refractivity contribution in [3.8, 4) is 6.07 Å². The summed E-state index contributed by atoms with van der Waals surface area (Å²) in [5.74, 6) is 0. The minimum atomic E-state index is -0.263. The molecule has 1 aliphatic carbocycles. The van der Waals surface area contributed by atoms with Gasteiger partial charge in [-0.2, -0.15) is 5.26 Å². The summed E-state index contributed by atoms with van der Waals surface area (Å²) >= 11 is 0. The molecular weight excluding hydrogens is 184 g/mol. The van der Waals surface area contributed by atoms with Gasteiger partial charge in [-0.05, 0) is 25.0 Å². The number of hydrogen-bond acceptors (Lipinski definition) is 2. The van der Waals surface area contributed by atoms with E-state index in [0.29, 0.717) is 0 Å². The van der Waals surface area contributed by atoms with Gasteiger partial charge in [0.25, 0.3) is 0 Å². The van der Waals surface area contributed by atoms with Crippen molar-refractivity contribution in [3.05, 3.63) is 29.6 Å². The molecule has 0 spiro atoms. The number of aromatic nitrogens is 1. The highest BCUT2D eigenvalue weighted by molar-refractivity contribution is 5.35. The molecule has 0 amide bonds. The number of pyridine rings is 1. The molecule has 0 aromatic carbocycles. The van der Waals surface area contributed by atoms with E-state index in [1.807, 2.05) is 18.2 Å². The molecule has 0 radical (unpaired) electrons. The van der Waals surface area contributed by atoms with Gasteiger partial charge >= 0.3 is 0 Å². The van der Waals surface area contributed by atoms with Crippen molar-refractivity contribution in [3.63, 3.8) is 0 Å². The zero-order chi connectivity index (χ0) is 11.1. The summed E-state index contributed by atoms with van der Waals surface area (Å²) in [5, 5.41) is 9.11. The highest BCUT2D eigenvalue weighted by Crippen LogP contribution is 2.46. The van der Waals surface area contributed by atoms with Crippen LogP contribution in [0.25, 0.3) is 0 Å². The Labute approximate surface area is 91.0 Å². The van der Waals surface area contributed by atoms with Crippen LogP contribution in [0, 0.1) is 11.3 Å². The van der Waals surface area contributed by atoms with Crippen molar-refractivity contribution in [2.24, 2.45) is 0 Å². The van der Waals surface area contributed by atoms with Gasteiger partial charge in [-0.15, -0.1) is 0 Å². The van der Waals surface area contributed by atoms with E-state index in [-0.39, 0.29) is 10.8 Å². The average Bonchev–Trinajstić information content (AvgIpc) is 2.97. The van der Waals surface area contributed by atoms with Gasteiger partial charge in [-0.3, -0.25) is 4.98 Å². The first-order valence-electron chi connectivity index (χ1n) is 5.37. The van der Waals surface area contributed by atoms with Crippen molar-refractivity contribution in [1.29, 1.82) is 5.26 Å². The Morgan fingerprint density at radius 2 is 2.00 bits per heavy atom. The molecule has 0 bridgehead atoms. The van der Waals surface area contributed by atoms with Gasteiger partial charge in [0.2, 0.25) is 0 Å². The van der Waals surface area contributed by atoms with Crippen molar-refractivity contribution in [2.45, 2.75) is 44.4 Å². The first-order chi connectivity index (χ1) is 6.98. The summed E-state index contributed by atoms with van der Waals surface area (Å²) < 4.78 is 0. The van der Waals surface area contributed by atoms with Gasteiger partial charge in [0.15, 0.2) is 0 Å². The summed E-state index contributed by atoms with van der Waals surface area (Å²) in [7, 11) is 0. The van der Waals surface area contributed by atoms with Crippen molar-refractivity contribution in [1.82, 2.24) is 4.98 Å². The topological polar surface area (TPSA) is 36.7 Å². The predicted molar refractivity (Wildman–Crippen MR) is 59.5 cm³/mol. The maximum Gasteiger partial charge on any atom is 0.0994 e. The zero-order valence-corrected chi connectivity index (χ0v) is 9.54. The Bertz CT molecular complexity index is 417. The number of nitriles is 1. The first-order valence-corrected chi connectivity index (χ1v) is 5.37. The fraction of sp³-hybridized carbons (Fsp3) is 0.538. The molecule has 78 valence electrons. The lowest BCUT2D eigenvalue weighted by atomic mass is 9.90. The third-order valence-corrected chi connectivity index (χ3v) is 2.97. The second-order valence-corrected chi connectivity index (χ2v) is 5.35. The summed E-state index contributed by atoms with van der Waals surface area (Å²) in [5.41, 5.74) is 1.82. The highest BCUT2D eigenvalue weighted by Gasteiger charge is 2.46. The van der Waals surface area contributed by atoms with E-state index in [4.69, 9.17) is 5.26 Å². The van der Waals surface area contributed by atoms with E-state index in [1.165, 1.54) is 0 Å². The third kappa shape index (κ3) is 1.74. The molecule has 0 unspecified atom stereocenters. The number of rotatable bonds is 1. The average molecular weight is 200 g/mol. The Morgan fingerprint density at radius 1 is 1.33 bits per heavy atom. The number of hydrogen-bond donors (Lipinski definition) is 0. The third-order valence-electron chi connectivity index (χ3n) is 2.97. The van der Waals surface area contributed by atoms with Gasteiger partial charge in [0.05, 0.1) is 17.2 Å². The molecule has 0 aliphatic heterocycles. The molecule has 1 saturated carbocycles. The molecule has 0 saturated heterocycles. The fourth-order valence-corrected chi connectivity index (χ4v) is 1.67. The lowest BCUT2D eigenvalue weighted by Gasteiger charge is -2.19. The maximum atomic E-state index is 9.11. The predicted octanol–water partition coefficient (Wildman–Crippen LogP) is 2.93. The number of nitrogens with zero attached hydrogens (tertiary/aromatic N) is 2. The van der Waals surface area contributed by atoms with E-state index in [1.54, 1.807) is 0 Å². The Balaban J connectivity index is 2.41. The van der Waals surface area contributed by atoms with E-state index < -0.39 is 0 Å². The van der Waals surface area contributed by atoms with Gasteiger partial charge in [0, 0.05) is 11.1 Å². The standard InChI is InChI=1S/C13H16N2/c1-12(2,3)10-5-4-6-11(15-10)13(9-14)7-8-13/h4-6H,7-8H2,1-3H3. The van der Waals surface area contributed by atoms with E-state index in [9.17, 15) is 0 Å². The van der Waals surface area contributed by atoms with Crippen LogP contribution in [-0.4, -0.2) is 4.98 Å². The monoisotopic (exact) mass is 200 g/mol. The molecular formula is C13H16N2. The Hall–Kier alpha value is -1.36. The van der Waals surface area contributed by atoms with Crippen LogP contribution in [-0.2, 0) is 10.8 Å². The fourth-order valence-electron chi connectivity index (χ4n) is 1.67. The van der Waals surface area contributed by atoms with E-state index in [0.717, 1.165) is 24.2 Å². The molecule has 2 rings (SSSR count). The van der Waals surface area contributed by atoms with Crippen LogP contribution < -0.4 is 0 Å². The summed E-state index contributed by atoms with van der Waals surface area (Å²) in [6, 6.07) is 8.42. The summed E-state index contributed by atoms with van der Waals surface area (Å²) in [6.07, 6.45) is 1.92. The quantitative estimate of drug-likeness (QED) is 0.698. The first kappa shape index (κ1) is 10.2. The minimum Gasteiger partial charge on any atom is -0.256 e. The minimum absolute atomic E-state index is 0.0571. The summed E-state index contributed by atoms with van der Waals surface area (Å²) in [6.45, 7) is 6.43. The molecule has 2 heteroatoms. The largest absolute Gasteiger partial charge is 0.256 e. The molecule has 0 atom stereocenters. The van der Waals surface area contributed by atoms with Crippen LogP contribution in [0.5, 0.6) is 0 Å². The van der Waals surface area contributed by atoms with E-state index in [2.05, 4.69) is 31.8 Å². The molecule has 1 aromatic heterocycles. The van der Waals surface area contributed by atoms with Crippen LogP contribution in [0.2, 0.25) is 0 Å². The SMILES string of the molecule is CC(C)(C)c1cccc(C2(C#N)CC2)n1.